The van der Waals surface area contributed by atoms with E-state index in [-0.39, 0.29) is 5.91 Å². The summed E-state index contributed by atoms with van der Waals surface area (Å²) in [6.45, 7) is 7.02. The molecule has 6 nitrogen and oxygen atoms in total. The summed E-state index contributed by atoms with van der Waals surface area (Å²) in [5, 5.41) is 12.5. The van der Waals surface area contributed by atoms with Crippen LogP contribution in [0.4, 0.5) is 0 Å². The van der Waals surface area contributed by atoms with Crippen molar-refractivity contribution in [3.63, 3.8) is 0 Å². The van der Waals surface area contributed by atoms with Crippen LogP contribution < -0.4 is 5.32 Å². The van der Waals surface area contributed by atoms with Crippen molar-refractivity contribution in [2.45, 2.75) is 45.2 Å². The first kappa shape index (κ1) is 21.0. The van der Waals surface area contributed by atoms with Gasteiger partial charge in [-0.05, 0) is 44.0 Å². The normalized spacial score (nSPS) is 10.9. The number of rotatable bonds is 9. The van der Waals surface area contributed by atoms with Crippen LogP contribution in [0, 0.1) is 13.8 Å². The lowest BCUT2D eigenvalue weighted by atomic mass is 10.1. The Kier molecular flexibility index (Phi) is 7.41. The number of aromatic nitrogens is 4. The Morgan fingerprint density at radius 1 is 1.17 bits per heavy atom. The lowest BCUT2D eigenvalue weighted by Crippen LogP contribution is -2.26. The standard InChI is InChI=1S/C22H27N5OS/c1-4-5-6-12-24-20(28)15-29-22-26-25-21(18-8-7-11-23-14-18)27(22)19-10-9-16(2)13-17(19)3/h7-11,13-14H,4-6,12,15H2,1-3H3,(H,24,28). The SMILES string of the molecule is CCCCCNC(=O)CSc1nnc(-c2cccnc2)n1-c1ccc(C)cc1C. The maximum absolute atomic E-state index is 12.2. The van der Waals surface area contributed by atoms with Crippen LogP contribution >= 0.6 is 11.8 Å². The van der Waals surface area contributed by atoms with Gasteiger partial charge in [-0.2, -0.15) is 0 Å². The van der Waals surface area contributed by atoms with Gasteiger partial charge in [0.25, 0.3) is 0 Å². The van der Waals surface area contributed by atoms with Crippen LogP contribution in [0.5, 0.6) is 0 Å². The Hall–Kier alpha value is -2.67. The molecule has 152 valence electrons. The lowest BCUT2D eigenvalue weighted by molar-refractivity contribution is -0.118. The second-order valence-corrected chi connectivity index (χ2v) is 7.96. The molecule has 2 aromatic heterocycles. The average molecular weight is 410 g/mol. The number of carbonyl (C=O) groups excluding carboxylic acids is 1. The lowest BCUT2D eigenvalue weighted by Gasteiger charge is -2.13. The van der Waals surface area contributed by atoms with E-state index in [1.165, 1.54) is 17.3 Å². The molecular formula is C22H27N5OS. The Morgan fingerprint density at radius 2 is 2.03 bits per heavy atom. The Labute approximate surface area is 176 Å². The first-order chi connectivity index (χ1) is 14.1. The number of nitrogens with zero attached hydrogens (tertiary/aromatic N) is 4. The number of carbonyl (C=O) groups is 1. The second kappa shape index (κ2) is 10.2. The zero-order valence-corrected chi connectivity index (χ0v) is 18.0. The molecule has 3 aromatic rings. The fourth-order valence-electron chi connectivity index (χ4n) is 3.10. The van der Waals surface area contributed by atoms with Crippen molar-refractivity contribution in [3.05, 3.63) is 53.9 Å². The van der Waals surface area contributed by atoms with Gasteiger partial charge in [0, 0.05) is 24.5 Å². The van der Waals surface area contributed by atoms with E-state index >= 15 is 0 Å². The highest BCUT2D eigenvalue weighted by Crippen LogP contribution is 2.29. The minimum atomic E-state index is 0.0178. The molecule has 0 unspecified atom stereocenters. The topological polar surface area (TPSA) is 72.7 Å². The Morgan fingerprint density at radius 3 is 2.76 bits per heavy atom. The molecule has 0 aliphatic carbocycles. The first-order valence-corrected chi connectivity index (χ1v) is 10.9. The van der Waals surface area contributed by atoms with Gasteiger partial charge < -0.3 is 5.32 Å². The Bertz CT molecular complexity index is 955. The quantitative estimate of drug-likeness (QED) is 0.420. The van der Waals surface area contributed by atoms with Gasteiger partial charge in [0.05, 0.1) is 11.4 Å². The van der Waals surface area contributed by atoms with Crippen LogP contribution in [0.3, 0.4) is 0 Å². The van der Waals surface area contributed by atoms with Gasteiger partial charge in [0.1, 0.15) is 0 Å². The zero-order chi connectivity index (χ0) is 20.6. The number of aryl methyl sites for hydroxylation is 2. The third-order valence-electron chi connectivity index (χ3n) is 4.58. The van der Waals surface area contributed by atoms with Crippen molar-refractivity contribution < 1.29 is 4.79 Å². The molecule has 1 aromatic carbocycles. The molecule has 2 heterocycles. The molecule has 0 fully saturated rings. The number of thioether (sulfide) groups is 1. The monoisotopic (exact) mass is 409 g/mol. The summed E-state index contributed by atoms with van der Waals surface area (Å²) in [5.74, 6) is 1.04. The van der Waals surface area contributed by atoms with E-state index in [2.05, 4.69) is 59.5 Å². The number of pyridine rings is 1. The van der Waals surface area contributed by atoms with Gasteiger partial charge in [0.15, 0.2) is 11.0 Å². The van der Waals surface area contributed by atoms with Gasteiger partial charge in [0.2, 0.25) is 5.91 Å². The van der Waals surface area contributed by atoms with E-state index in [1.54, 1.807) is 12.4 Å². The van der Waals surface area contributed by atoms with Crippen molar-refractivity contribution in [1.82, 2.24) is 25.1 Å². The minimum Gasteiger partial charge on any atom is -0.355 e. The molecule has 0 saturated carbocycles. The van der Waals surface area contributed by atoms with Crippen LogP contribution in [0.15, 0.2) is 47.9 Å². The highest BCUT2D eigenvalue weighted by molar-refractivity contribution is 7.99. The largest absolute Gasteiger partial charge is 0.355 e. The summed E-state index contributed by atoms with van der Waals surface area (Å²) < 4.78 is 2.01. The van der Waals surface area contributed by atoms with E-state index in [0.29, 0.717) is 10.9 Å². The first-order valence-electron chi connectivity index (χ1n) is 9.93. The van der Waals surface area contributed by atoms with Gasteiger partial charge in [-0.15, -0.1) is 10.2 Å². The second-order valence-electron chi connectivity index (χ2n) is 7.02. The van der Waals surface area contributed by atoms with Crippen LogP contribution in [-0.2, 0) is 4.79 Å². The summed E-state index contributed by atoms with van der Waals surface area (Å²) in [6.07, 6.45) is 6.79. The number of nitrogens with one attached hydrogen (secondary N) is 1. The molecule has 7 heteroatoms. The molecule has 1 N–H and O–H groups in total. The number of unbranched alkanes of at least 4 members (excludes halogenated alkanes) is 2. The third-order valence-corrected chi connectivity index (χ3v) is 5.51. The fourth-order valence-corrected chi connectivity index (χ4v) is 3.88. The fraction of sp³-hybridized carbons (Fsp3) is 0.364. The predicted octanol–water partition coefficient (Wildman–Crippen LogP) is 4.34. The summed E-state index contributed by atoms with van der Waals surface area (Å²) in [7, 11) is 0. The summed E-state index contributed by atoms with van der Waals surface area (Å²) >= 11 is 1.40. The molecule has 0 spiro atoms. The van der Waals surface area contributed by atoms with E-state index in [9.17, 15) is 4.79 Å². The number of amides is 1. The van der Waals surface area contributed by atoms with Gasteiger partial charge in [-0.25, -0.2) is 0 Å². The van der Waals surface area contributed by atoms with E-state index in [1.807, 2.05) is 16.7 Å². The maximum Gasteiger partial charge on any atom is 0.230 e. The number of benzene rings is 1. The molecule has 1 amide bonds. The highest BCUT2D eigenvalue weighted by Gasteiger charge is 2.18. The maximum atomic E-state index is 12.2. The zero-order valence-electron chi connectivity index (χ0n) is 17.2. The summed E-state index contributed by atoms with van der Waals surface area (Å²) in [4.78, 5) is 16.4. The van der Waals surface area contributed by atoms with Crippen molar-refractivity contribution in [2.75, 3.05) is 12.3 Å². The highest BCUT2D eigenvalue weighted by atomic mass is 32.2. The minimum absolute atomic E-state index is 0.0178. The molecule has 0 saturated heterocycles. The molecule has 0 radical (unpaired) electrons. The van der Waals surface area contributed by atoms with E-state index < -0.39 is 0 Å². The molecule has 3 rings (SSSR count). The summed E-state index contributed by atoms with van der Waals surface area (Å²) in [5.41, 5.74) is 4.21. The molecular weight excluding hydrogens is 382 g/mol. The van der Waals surface area contributed by atoms with Gasteiger partial charge >= 0.3 is 0 Å². The predicted molar refractivity (Wildman–Crippen MR) is 117 cm³/mol. The van der Waals surface area contributed by atoms with Crippen molar-refractivity contribution >= 4 is 17.7 Å². The van der Waals surface area contributed by atoms with Crippen molar-refractivity contribution in [1.29, 1.82) is 0 Å². The molecule has 29 heavy (non-hydrogen) atoms. The van der Waals surface area contributed by atoms with Crippen molar-refractivity contribution in [2.24, 2.45) is 0 Å². The van der Waals surface area contributed by atoms with Crippen molar-refractivity contribution in [3.8, 4) is 17.1 Å². The molecule has 0 aliphatic rings. The number of hydrogen-bond donors (Lipinski definition) is 1. The summed E-state index contributed by atoms with van der Waals surface area (Å²) in [6, 6.07) is 10.1. The van der Waals surface area contributed by atoms with Crippen LogP contribution in [0.2, 0.25) is 0 Å². The van der Waals surface area contributed by atoms with Gasteiger partial charge in [-0.1, -0.05) is 49.2 Å². The van der Waals surface area contributed by atoms with Crippen LogP contribution in [-0.4, -0.2) is 38.0 Å². The molecule has 0 bridgehead atoms. The van der Waals surface area contributed by atoms with Crippen LogP contribution in [0.25, 0.3) is 17.1 Å². The average Bonchev–Trinajstić information content (AvgIpc) is 3.14. The molecule has 0 aliphatic heterocycles. The van der Waals surface area contributed by atoms with Gasteiger partial charge in [-0.3, -0.25) is 14.3 Å². The number of hydrogen-bond acceptors (Lipinski definition) is 5. The van der Waals surface area contributed by atoms with E-state index in [0.717, 1.165) is 48.4 Å². The van der Waals surface area contributed by atoms with Crippen LogP contribution in [0.1, 0.15) is 37.3 Å². The Balaban J connectivity index is 1.86. The third kappa shape index (κ3) is 5.44. The molecule has 0 atom stereocenters. The van der Waals surface area contributed by atoms with E-state index in [4.69, 9.17) is 0 Å². The smallest absolute Gasteiger partial charge is 0.230 e.